The molecule has 0 saturated heterocycles. The molecule has 6 N–H and O–H groups in total. The van der Waals surface area contributed by atoms with E-state index >= 15 is 0 Å². The maximum absolute atomic E-state index is 12.1. The predicted octanol–water partition coefficient (Wildman–Crippen LogP) is 8.48. The molecule has 0 bridgehead atoms. The number of rotatable bonds is 10. The number of hydrazone groups is 1. The van der Waals surface area contributed by atoms with Gasteiger partial charge in [-0.1, -0.05) is 36.4 Å². The van der Waals surface area contributed by atoms with Crippen molar-refractivity contribution in [3.63, 3.8) is 0 Å². The number of carbonyl (C=O) groups excluding carboxylic acids is 1. The first kappa shape index (κ1) is 38.0. The number of carboxylic acid groups (broad SMARTS) is 1. The van der Waals surface area contributed by atoms with Gasteiger partial charge in [-0.15, -0.1) is 15.3 Å². The van der Waals surface area contributed by atoms with Crippen LogP contribution in [0.4, 0.5) is 34.1 Å². The Labute approximate surface area is 323 Å². The molecule has 0 radical (unpaired) electrons. The molecular weight excluding hydrogens is 775 g/mol. The number of anilines is 2. The van der Waals surface area contributed by atoms with Gasteiger partial charge < -0.3 is 10.8 Å². The zero-order chi connectivity index (χ0) is 40.5. The molecule has 284 valence electrons. The Morgan fingerprint density at radius 3 is 1.68 bits per heavy atom. The van der Waals surface area contributed by atoms with Gasteiger partial charge in [-0.25, -0.2) is 4.79 Å². The lowest BCUT2D eigenvalue weighted by Gasteiger charge is -2.08. The van der Waals surface area contributed by atoms with E-state index in [0.29, 0.717) is 33.5 Å². The van der Waals surface area contributed by atoms with Crippen molar-refractivity contribution in [1.29, 1.82) is 0 Å². The van der Waals surface area contributed by atoms with Gasteiger partial charge in [0.2, 0.25) is 0 Å². The highest BCUT2D eigenvalue weighted by Crippen LogP contribution is 2.38. The number of carbonyl (C=O) groups is 2. The fraction of sp³-hybridized carbons (Fsp3) is 0. The Balaban J connectivity index is 1.13. The molecule has 0 saturated carbocycles. The summed E-state index contributed by atoms with van der Waals surface area (Å²) in [7, 11) is -9.14. The third-order valence-electron chi connectivity index (χ3n) is 8.67. The van der Waals surface area contributed by atoms with Crippen LogP contribution in [0.2, 0.25) is 0 Å². The molecule has 1 aliphatic rings. The topological polar surface area (TPSA) is 263 Å². The third kappa shape index (κ3) is 8.38. The average molecular weight is 802 g/mol. The molecule has 7 rings (SSSR count). The number of hydrogen-bond acceptors (Lipinski definition) is 13. The molecule has 0 unspecified atom stereocenters. The van der Waals surface area contributed by atoms with E-state index < -0.39 is 36.9 Å². The van der Waals surface area contributed by atoms with E-state index in [1.54, 1.807) is 36.4 Å². The van der Waals surface area contributed by atoms with Gasteiger partial charge >= 0.3 is 5.97 Å². The number of azo groups is 2. The molecule has 16 nitrogen and oxygen atoms in total. The quantitative estimate of drug-likeness (QED) is 0.0219. The first-order chi connectivity index (χ1) is 27.1. The summed E-state index contributed by atoms with van der Waals surface area (Å²) in [5, 5.41) is 32.1. The number of benzene rings is 6. The van der Waals surface area contributed by atoms with Crippen molar-refractivity contribution in [3.8, 4) is 11.1 Å². The molecule has 18 heteroatoms. The standard InChI is InChI=1S/C39H27N7O9S2/c40-34-14-15-36(31-20-27(56(50,51)52)10-12-29(31)34)45-46-37-17-16-35(30-13-11-28(21-32(30)37)57(53,54)55)44-42-25-7-3-23(4-8-25)22-1-5-24(6-2-22)41-43-26-9-18-38(47)33(19-26)39(48)49/h1-21,41H,40H2,(H,48,49)(H,50,51,52)(H,53,54,55)/b43-26-,44-42?,46-45?. The van der Waals surface area contributed by atoms with Crippen molar-refractivity contribution >= 4 is 93.4 Å². The van der Waals surface area contributed by atoms with Gasteiger partial charge in [-0.3, -0.25) is 19.3 Å². The van der Waals surface area contributed by atoms with Gasteiger partial charge in [0.1, 0.15) is 5.57 Å². The Bertz CT molecular complexity index is 3030. The van der Waals surface area contributed by atoms with Crippen molar-refractivity contribution in [2.24, 2.45) is 25.6 Å². The summed E-state index contributed by atoms with van der Waals surface area (Å²) in [5.41, 5.74) is 12.8. The van der Waals surface area contributed by atoms with Gasteiger partial charge in [0, 0.05) is 27.2 Å². The zero-order valence-corrected chi connectivity index (χ0v) is 30.7. The summed E-state index contributed by atoms with van der Waals surface area (Å²) in [6.07, 6.45) is 3.75. The van der Waals surface area contributed by atoms with Crippen molar-refractivity contribution in [1.82, 2.24) is 0 Å². The number of nitrogens with one attached hydrogen (secondary N) is 1. The lowest BCUT2D eigenvalue weighted by molar-refractivity contribution is -0.134. The minimum Gasteiger partial charge on any atom is -0.478 e. The van der Waals surface area contributed by atoms with E-state index in [1.807, 2.05) is 24.3 Å². The number of carboxylic acids is 1. The highest BCUT2D eigenvalue weighted by atomic mass is 32.2. The van der Waals surface area contributed by atoms with Crippen LogP contribution in [-0.2, 0) is 29.8 Å². The van der Waals surface area contributed by atoms with Crippen LogP contribution in [0.5, 0.6) is 0 Å². The lowest BCUT2D eigenvalue weighted by atomic mass is 10.0. The van der Waals surface area contributed by atoms with E-state index in [-0.39, 0.29) is 38.3 Å². The van der Waals surface area contributed by atoms with Crippen LogP contribution in [0.3, 0.4) is 0 Å². The Morgan fingerprint density at radius 1 is 0.596 bits per heavy atom. The maximum Gasteiger partial charge on any atom is 0.339 e. The largest absolute Gasteiger partial charge is 0.478 e. The Hall–Kier alpha value is -7.25. The fourth-order valence-corrected chi connectivity index (χ4v) is 6.79. The average Bonchev–Trinajstić information content (AvgIpc) is 3.19. The van der Waals surface area contributed by atoms with Crippen LogP contribution in [-0.4, -0.2) is 48.5 Å². The summed E-state index contributed by atoms with van der Waals surface area (Å²) >= 11 is 0. The highest BCUT2D eigenvalue weighted by Gasteiger charge is 2.19. The number of nitrogens with zero attached hydrogens (tertiary/aromatic N) is 5. The summed E-state index contributed by atoms with van der Waals surface area (Å²) < 4.78 is 67.1. The number of ketones is 1. The molecule has 6 aromatic rings. The second-order valence-electron chi connectivity index (χ2n) is 12.4. The minimum atomic E-state index is -4.60. The molecule has 6 aromatic carbocycles. The normalized spacial score (nSPS) is 14.2. The number of nitrogen functional groups attached to an aromatic ring is 1. The van der Waals surface area contributed by atoms with E-state index in [2.05, 4.69) is 31.0 Å². The first-order valence-corrected chi connectivity index (χ1v) is 19.4. The first-order valence-electron chi connectivity index (χ1n) is 16.5. The van der Waals surface area contributed by atoms with Crippen LogP contribution in [0.15, 0.2) is 168 Å². The van der Waals surface area contributed by atoms with Crippen LogP contribution < -0.4 is 11.2 Å². The smallest absolute Gasteiger partial charge is 0.339 e. The molecule has 0 amide bonds. The predicted molar refractivity (Wildman–Crippen MR) is 213 cm³/mol. The number of hydrogen-bond donors (Lipinski definition) is 5. The number of allylic oxidation sites excluding steroid dienone is 3. The van der Waals surface area contributed by atoms with Gasteiger partial charge in [-0.2, -0.15) is 27.1 Å². The van der Waals surface area contributed by atoms with Crippen molar-refractivity contribution in [3.05, 3.63) is 133 Å². The lowest BCUT2D eigenvalue weighted by Crippen LogP contribution is -2.15. The molecule has 0 heterocycles. The summed E-state index contributed by atoms with van der Waals surface area (Å²) in [4.78, 5) is 22.2. The molecule has 0 aromatic heterocycles. The fourth-order valence-electron chi connectivity index (χ4n) is 5.77. The second-order valence-corrected chi connectivity index (χ2v) is 15.2. The molecule has 0 atom stereocenters. The zero-order valence-electron chi connectivity index (χ0n) is 29.0. The third-order valence-corrected chi connectivity index (χ3v) is 10.4. The molecule has 0 spiro atoms. The number of nitrogens with two attached hydrogens (primary N) is 1. The minimum absolute atomic E-state index is 0.190. The van der Waals surface area contributed by atoms with Gasteiger partial charge in [0.15, 0.2) is 5.78 Å². The van der Waals surface area contributed by atoms with Crippen LogP contribution >= 0.6 is 0 Å². The van der Waals surface area contributed by atoms with Crippen molar-refractivity contribution in [2.45, 2.75) is 9.79 Å². The van der Waals surface area contributed by atoms with E-state index in [9.17, 15) is 35.5 Å². The van der Waals surface area contributed by atoms with Crippen molar-refractivity contribution in [2.75, 3.05) is 11.2 Å². The summed E-state index contributed by atoms with van der Waals surface area (Å²) in [6.45, 7) is 0. The van der Waals surface area contributed by atoms with Gasteiger partial charge in [-0.05, 0) is 102 Å². The Morgan fingerprint density at radius 2 is 1.11 bits per heavy atom. The van der Waals surface area contributed by atoms with E-state index in [0.717, 1.165) is 17.2 Å². The van der Waals surface area contributed by atoms with E-state index in [4.69, 9.17) is 10.8 Å². The monoisotopic (exact) mass is 801 g/mol. The molecular formula is C39H27N7O9S2. The summed E-state index contributed by atoms with van der Waals surface area (Å²) in [6, 6.07) is 28.4. The molecule has 1 aliphatic carbocycles. The van der Waals surface area contributed by atoms with Crippen LogP contribution in [0, 0.1) is 0 Å². The van der Waals surface area contributed by atoms with Gasteiger partial charge in [0.25, 0.3) is 20.2 Å². The molecule has 57 heavy (non-hydrogen) atoms. The maximum atomic E-state index is 12.1. The van der Waals surface area contributed by atoms with E-state index in [1.165, 1.54) is 60.7 Å². The Kier molecular flexibility index (Phi) is 10.1. The summed E-state index contributed by atoms with van der Waals surface area (Å²) in [5.74, 6) is -1.93. The number of fused-ring (bicyclic) bond motifs is 2. The van der Waals surface area contributed by atoms with Crippen molar-refractivity contribution < 1.29 is 40.6 Å². The van der Waals surface area contributed by atoms with Crippen LogP contribution in [0.25, 0.3) is 32.7 Å². The highest BCUT2D eigenvalue weighted by molar-refractivity contribution is 7.86. The molecule has 0 fully saturated rings. The SMILES string of the molecule is Nc1ccc(N=Nc2ccc(N=Nc3ccc(-c4ccc(N/N=C5/C=CC(=O)C(C(=O)O)=C5)cc4)cc3)c3ccc(S(=O)(=O)O)cc23)c2cc(S(=O)(=O)O)ccc12. The van der Waals surface area contributed by atoms with Crippen LogP contribution in [0.1, 0.15) is 0 Å². The second kappa shape index (κ2) is 15.1. The number of aliphatic carboxylic acids is 1. The van der Waals surface area contributed by atoms with Gasteiger partial charge in [0.05, 0.1) is 43.9 Å². The molecule has 0 aliphatic heterocycles.